The molecule has 1 aromatic carbocycles. The summed E-state index contributed by atoms with van der Waals surface area (Å²) >= 11 is 5.77. The summed E-state index contributed by atoms with van der Waals surface area (Å²) in [5.41, 5.74) is 0.211. The number of anilines is 1. The maximum Gasteiger partial charge on any atom is 0.416 e. The average Bonchev–Trinajstić information content (AvgIpc) is 2.37. The first-order valence-electron chi connectivity index (χ1n) is 5.75. The SMILES string of the molecule is COc1ccc(Cl)cc1NC(=O)N(C)CC(O)C(F)(F)F. The largest absolute Gasteiger partial charge is 0.495 e. The van der Waals surface area contributed by atoms with Gasteiger partial charge in [-0.15, -0.1) is 0 Å². The maximum absolute atomic E-state index is 12.2. The molecule has 0 spiro atoms. The Bertz CT molecular complexity index is 511. The Morgan fingerprint density at radius 2 is 2.14 bits per heavy atom. The van der Waals surface area contributed by atoms with E-state index >= 15 is 0 Å². The molecule has 2 N–H and O–H groups in total. The number of rotatable bonds is 4. The number of amides is 2. The van der Waals surface area contributed by atoms with Gasteiger partial charge < -0.3 is 20.1 Å². The number of halogens is 4. The molecular weight excluding hydrogens is 313 g/mol. The highest BCUT2D eigenvalue weighted by atomic mass is 35.5. The number of hydrogen-bond donors (Lipinski definition) is 2. The van der Waals surface area contributed by atoms with Crippen molar-refractivity contribution in [1.82, 2.24) is 4.90 Å². The average molecular weight is 327 g/mol. The minimum Gasteiger partial charge on any atom is -0.495 e. The van der Waals surface area contributed by atoms with Crippen LogP contribution in [0.3, 0.4) is 0 Å². The molecule has 0 aliphatic carbocycles. The van der Waals surface area contributed by atoms with Crippen LogP contribution in [0.25, 0.3) is 0 Å². The van der Waals surface area contributed by atoms with Crippen LogP contribution in [0.2, 0.25) is 5.02 Å². The van der Waals surface area contributed by atoms with E-state index in [9.17, 15) is 18.0 Å². The van der Waals surface area contributed by atoms with Gasteiger partial charge in [0.1, 0.15) is 5.75 Å². The van der Waals surface area contributed by atoms with Gasteiger partial charge in [-0.2, -0.15) is 13.2 Å². The maximum atomic E-state index is 12.2. The number of nitrogens with zero attached hydrogens (tertiary/aromatic N) is 1. The molecule has 0 bridgehead atoms. The number of likely N-dealkylation sites (N-methyl/N-ethyl adjacent to an activating group) is 1. The van der Waals surface area contributed by atoms with Gasteiger partial charge in [-0.25, -0.2) is 4.79 Å². The number of carbonyl (C=O) groups excluding carboxylic acids is 1. The zero-order valence-electron chi connectivity index (χ0n) is 11.2. The van der Waals surface area contributed by atoms with Crippen molar-refractivity contribution in [3.05, 3.63) is 23.2 Å². The fourth-order valence-electron chi connectivity index (χ4n) is 1.43. The molecule has 21 heavy (non-hydrogen) atoms. The zero-order chi connectivity index (χ0) is 16.2. The van der Waals surface area contributed by atoms with Crippen LogP contribution in [0.15, 0.2) is 18.2 Å². The van der Waals surface area contributed by atoms with E-state index < -0.39 is 24.9 Å². The molecular formula is C12H14ClF3N2O3. The van der Waals surface area contributed by atoms with Crippen LogP contribution in [0.5, 0.6) is 5.75 Å². The molecule has 5 nitrogen and oxygen atoms in total. The number of aliphatic hydroxyl groups is 1. The van der Waals surface area contributed by atoms with E-state index in [-0.39, 0.29) is 5.69 Å². The molecule has 0 heterocycles. The van der Waals surface area contributed by atoms with Gasteiger partial charge in [0, 0.05) is 12.1 Å². The lowest BCUT2D eigenvalue weighted by Gasteiger charge is -2.23. The van der Waals surface area contributed by atoms with E-state index in [1.165, 1.54) is 25.3 Å². The van der Waals surface area contributed by atoms with E-state index in [0.29, 0.717) is 15.7 Å². The Labute approximate surface area is 124 Å². The second-order valence-electron chi connectivity index (χ2n) is 4.21. The number of nitrogens with one attached hydrogen (secondary N) is 1. The van der Waals surface area contributed by atoms with Crippen LogP contribution in [0, 0.1) is 0 Å². The van der Waals surface area contributed by atoms with Crippen molar-refractivity contribution in [2.75, 3.05) is 26.0 Å². The van der Waals surface area contributed by atoms with E-state index in [0.717, 1.165) is 7.05 Å². The predicted octanol–water partition coefficient (Wildman–Crippen LogP) is 2.74. The van der Waals surface area contributed by atoms with E-state index in [1.807, 2.05) is 0 Å². The van der Waals surface area contributed by atoms with Crippen molar-refractivity contribution < 1.29 is 27.8 Å². The summed E-state index contributed by atoms with van der Waals surface area (Å²) in [6.07, 6.45) is -7.41. The number of methoxy groups -OCH3 is 1. The van der Waals surface area contributed by atoms with Gasteiger partial charge >= 0.3 is 12.2 Å². The number of aliphatic hydroxyl groups excluding tert-OH is 1. The summed E-state index contributed by atoms with van der Waals surface area (Å²) in [6.45, 7) is -0.891. The number of alkyl halides is 3. The number of benzene rings is 1. The molecule has 0 aliphatic rings. The molecule has 0 radical (unpaired) electrons. The molecule has 1 unspecified atom stereocenters. The molecule has 9 heteroatoms. The van der Waals surface area contributed by atoms with E-state index in [1.54, 1.807) is 0 Å². The lowest BCUT2D eigenvalue weighted by molar-refractivity contribution is -0.205. The fraction of sp³-hybridized carbons (Fsp3) is 0.417. The molecule has 0 fully saturated rings. The molecule has 2 amide bonds. The summed E-state index contributed by atoms with van der Waals surface area (Å²) in [5, 5.41) is 11.6. The van der Waals surface area contributed by atoms with Gasteiger partial charge in [-0.3, -0.25) is 0 Å². The fourth-order valence-corrected chi connectivity index (χ4v) is 1.61. The highest BCUT2D eigenvalue weighted by Gasteiger charge is 2.39. The highest BCUT2D eigenvalue weighted by Crippen LogP contribution is 2.28. The van der Waals surface area contributed by atoms with Crippen molar-refractivity contribution in [3.63, 3.8) is 0 Å². The van der Waals surface area contributed by atoms with Gasteiger partial charge in [0.05, 0.1) is 19.3 Å². The first kappa shape index (κ1) is 17.4. The van der Waals surface area contributed by atoms with Crippen LogP contribution in [0.1, 0.15) is 0 Å². The zero-order valence-corrected chi connectivity index (χ0v) is 12.0. The Balaban J connectivity index is 2.75. The Kier molecular flexibility index (Phi) is 5.68. The van der Waals surface area contributed by atoms with Crippen molar-refractivity contribution in [2.45, 2.75) is 12.3 Å². The standard InChI is InChI=1S/C12H14ClF3N2O3/c1-18(6-10(19)12(14,15)16)11(20)17-8-5-7(13)3-4-9(8)21-2/h3-5,10,19H,6H2,1-2H3,(H,17,20). The van der Waals surface area contributed by atoms with Crippen molar-refractivity contribution in [3.8, 4) is 5.75 Å². The van der Waals surface area contributed by atoms with Crippen molar-refractivity contribution in [1.29, 1.82) is 0 Å². The summed E-state index contributed by atoms with van der Waals surface area (Å²) in [6, 6.07) is 3.60. The van der Waals surface area contributed by atoms with Crippen molar-refractivity contribution >= 4 is 23.3 Å². The minimum absolute atomic E-state index is 0.211. The van der Waals surface area contributed by atoms with Crippen molar-refractivity contribution in [2.24, 2.45) is 0 Å². The first-order valence-corrected chi connectivity index (χ1v) is 6.13. The summed E-state index contributed by atoms with van der Waals surface area (Å²) in [4.78, 5) is 12.5. The Morgan fingerprint density at radius 3 is 2.67 bits per heavy atom. The molecule has 0 saturated heterocycles. The lowest BCUT2D eigenvalue weighted by atomic mass is 10.3. The summed E-state index contributed by atoms with van der Waals surface area (Å²) < 4.78 is 41.7. The first-order chi connectivity index (χ1) is 9.65. The molecule has 1 aromatic rings. The molecule has 1 atom stereocenters. The van der Waals surface area contributed by atoms with E-state index in [4.69, 9.17) is 21.4 Å². The van der Waals surface area contributed by atoms with Gasteiger partial charge in [0.2, 0.25) is 0 Å². The quantitative estimate of drug-likeness (QED) is 0.894. The van der Waals surface area contributed by atoms with Gasteiger partial charge in [-0.1, -0.05) is 11.6 Å². The summed E-state index contributed by atoms with van der Waals surface area (Å²) in [7, 11) is 2.50. The Hall–Kier alpha value is -1.67. The second kappa shape index (κ2) is 6.86. The van der Waals surface area contributed by atoms with Gasteiger partial charge in [0.15, 0.2) is 6.10 Å². The van der Waals surface area contributed by atoms with Crippen LogP contribution >= 0.6 is 11.6 Å². The van der Waals surface area contributed by atoms with Gasteiger partial charge in [-0.05, 0) is 18.2 Å². The van der Waals surface area contributed by atoms with Gasteiger partial charge in [0.25, 0.3) is 0 Å². The topological polar surface area (TPSA) is 61.8 Å². The third kappa shape index (κ3) is 4.98. The number of carbonyl (C=O) groups is 1. The van der Waals surface area contributed by atoms with Crippen LogP contribution in [0.4, 0.5) is 23.7 Å². The number of hydrogen-bond acceptors (Lipinski definition) is 3. The molecule has 0 aliphatic heterocycles. The molecule has 0 saturated carbocycles. The molecule has 1 rings (SSSR count). The second-order valence-corrected chi connectivity index (χ2v) is 4.65. The molecule has 118 valence electrons. The number of urea groups is 1. The van der Waals surface area contributed by atoms with E-state index in [2.05, 4.69) is 5.32 Å². The normalized spacial score (nSPS) is 12.7. The highest BCUT2D eigenvalue weighted by molar-refractivity contribution is 6.31. The predicted molar refractivity (Wildman–Crippen MR) is 71.7 cm³/mol. The van der Waals surface area contributed by atoms with Crippen LogP contribution in [-0.2, 0) is 0 Å². The Morgan fingerprint density at radius 1 is 1.52 bits per heavy atom. The summed E-state index contributed by atoms with van der Waals surface area (Å²) in [5.74, 6) is 0.303. The third-order valence-electron chi connectivity index (χ3n) is 2.57. The van der Waals surface area contributed by atoms with Crippen LogP contribution in [-0.4, -0.2) is 49.0 Å². The monoisotopic (exact) mass is 326 g/mol. The molecule has 0 aromatic heterocycles. The number of ether oxygens (including phenoxy) is 1. The van der Waals surface area contributed by atoms with Crippen LogP contribution < -0.4 is 10.1 Å². The third-order valence-corrected chi connectivity index (χ3v) is 2.81. The lowest BCUT2D eigenvalue weighted by Crippen LogP contribution is -2.43. The minimum atomic E-state index is -4.79. The smallest absolute Gasteiger partial charge is 0.416 e.